The maximum absolute atomic E-state index is 12.7. The third-order valence-electron chi connectivity index (χ3n) is 4.83. The van der Waals surface area contributed by atoms with Gasteiger partial charge in [0.25, 0.3) is 11.5 Å². The van der Waals surface area contributed by atoms with Crippen LogP contribution in [0.4, 0.5) is 5.69 Å². The number of aromatic nitrogens is 1. The summed E-state index contributed by atoms with van der Waals surface area (Å²) < 4.78 is 10.3. The summed E-state index contributed by atoms with van der Waals surface area (Å²) in [6.07, 6.45) is 0. The highest BCUT2D eigenvalue weighted by molar-refractivity contribution is 5.94. The average Bonchev–Trinajstić information content (AvgIpc) is 2.68. The molecule has 0 unspecified atom stereocenters. The third-order valence-corrected chi connectivity index (χ3v) is 4.83. The van der Waals surface area contributed by atoms with Crippen molar-refractivity contribution in [3.63, 3.8) is 0 Å². The van der Waals surface area contributed by atoms with E-state index in [1.165, 1.54) is 7.11 Å². The molecule has 6 nitrogen and oxygen atoms in total. The van der Waals surface area contributed by atoms with Crippen LogP contribution in [0.25, 0.3) is 10.9 Å². The first-order valence-corrected chi connectivity index (χ1v) is 8.99. The average molecular weight is 380 g/mol. The number of nitrogens with zero attached hydrogens (tertiary/aromatic N) is 1. The van der Waals surface area contributed by atoms with Gasteiger partial charge in [0.05, 0.1) is 13.7 Å². The molecule has 2 aromatic carbocycles. The standard InChI is InChI=1S/C22H24N2O4/c1-14-5-6-18(9-15(14)2)24(21(25)13-27-3)12-17-10-16-11-19(28-4)7-8-20(16)23-22(17)26/h5-11H,12-13H2,1-4H3,(H,23,26). The van der Waals surface area contributed by atoms with E-state index < -0.39 is 0 Å². The molecule has 0 bridgehead atoms. The van der Waals surface area contributed by atoms with Gasteiger partial charge in [-0.3, -0.25) is 9.59 Å². The molecule has 0 spiro atoms. The number of carbonyl (C=O) groups is 1. The van der Waals surface area contributed by atoms with Gasteiger partial charge in [-0.05, 0) is 61.4 Å². The van der Waals surface area contributed by atoms with Gasteiger partial charge in [0.2, 0.25) is 0 Å². The fourth-order valence-corrected chi connectivity index (χ4v) is 3.06. The van der Waals surface area contributed by atoms with Crippen molar-refractivity contribution in [3.8, 4) is 5.75 Å². The molecule has 0 fully saturated rings. The Kier molecular flexibility index (Phi) is 5.80. The number of rotatable bonds is 6. The van der Waals surface area contributed by atoms with Crippen molar-refractivity contribution in [1.82, 2.24) is 4.98 Å². The molecule has 146 valence electrons. The van der Waals surface area contributed by atoms with Gasteiger partial charge in [0, 0.05) is 29.3 Å². The van der Waals surface area contributed by atoms with Crippen LogP contribution in [0.15, 0.2) is 47.3 Å². The van der Waals surface area contributed by atoms with Crippen LogP contribution in [-0.2, 0) is 16.1 Å². The summed E-state index contributed by atoms with van der Waals surface area (Å²) in [4.78, 5) is 29.7. The van der Waals surface area contributed by atoms with Crippen molar-refractivity contribution >= 4 is 22.5 Å². The molecular weight excluding hydrogens is 356 g/mol. The number of anilines is 1. The van der Waals surface area contributed by atoms with Gasteiger partial charge < -0.3 is 19.4 Å². The highest BCUT2D eigenvalue weighted by Crippen LogP contribution is 2.23. The van der Waals surface area contributed by atoms with E-state index in [-0.39, 0.29) is 24.6 Å². The topological polar surface area (TPSA) is 71.6 Å². The predicted molar refractivity (Wildman–Crippen MR) is 110 cm³/mol. The van der Waals surface area contributed by atoms with E-state index in [4.69, 9.17) is 9.47 Å². The highest BCUT2D eigenvalue weighted by atomic mass is 16.5. The number of methoxy groups -OCH3 is 2. The van der Waals surface area contributed by atoms with Gasteiger partial charge in [-0.1, -0.05) is 6.07 Å². The third kappa shape index (κ3) is 4.07. The SMILES string of the molecule is COCC(=O)N(Cc1cc2cc(OC)ccc2[nH]c1=O)c1ccc(C)c(C)c1. The van der Waals surface area contributed by atoms with Crippen molar-refractivity contribution in [1.29, 1.82) is 0 Å². The van der Waals surface area contributed by atoms with E-state index >= 15 is 0 Å². The Bertz CT molecular complexity index is 1070. The summed E-state index contributed by atoms with van der Waals surface area (Å²) in [6.45, 7) is 4.09. The van der Waals surface area contributed by atoms with Crippen LogP contribution in [0.3, 0.4) is 0 Å². The zero-order chi connectivity index (χ0) is 20.3. The second-order valence-corrected chi connectivity index (χ2v) is 6.76. The number of aryl methyl sites for hydroxylation is 2. The molecule has 28 heavy (non-hydrogen) atoms. The number of pyridine rings is 1. The quantitative estimate of drug-likeness (QED) is 0.712. The van der Waals surface area contributed by atoms with Crippen LogP contribution in [0.2, 0.25) is 0 Å². The first kappa shape index (κ1) is 19.6. The lowest BCUT2D eigenvalue weighted by Crippen LogP contribution is -2.35. The van der Waals surface area contributed by atoms with E-state index in [2.05, 4.69) is 4.98 Å². The molecule has 0 atom stereocenters. The van der Waals surface area contributed by atoms with Crippen LogP contribution in [0.1, 0.15) is 16.7 Å². The molecule has 1 N–H and O–H groups in total. The van der Waals surface area contributed by atoms with Crippen LogP contribution in [0, 0.1) is 13.8 Å². The number of hydrogen-bond acceptors (Lipinski definition) is 4. The summed E-state index contributed by atoms with van der Waals surface area (Å²) in [6, 6.07) is 13.0. The Balaban J connectivity index is 2.04. The predicted octanol–water partition coefficient (Wildman–Crippen LogP) is 3.33. The fraction of sp³-hybridized carbons (Fsp3) is 0.273. The molecule has 1 heterocycles. The van der Waals surface area contributed by atoms with Gasteiger partial charge in [-0.25, -0.2) is 0 Å². The lowest BCUT2D eigenvalue weighted by atomic mass is 10.1. The van der Waals surface area contributed by atoms with Crippen LogP contribution in [-0.4, -0.2) is 31.7 Å². The van der Waals surface area contributed by atoms with E-state index in [0.717, 1.165) is 27.7 Å². The number of benzene rings is 2. The number of carbonyl (C=O) groups excluding carboxylic acids is 1. The molecule has 0 saturated carbocycles. The Morgan fingerprint density at radius 3 is 2.50 bits per heavy atom. The number of fused-ring (bicyclic) bond motifs is 1. The minimum absolute atomic E-state index is 0.0633. The van der Waals surface area contributed by atoms with Crippen molar-refractivity contribution < 1.29 is 14.3 Å². The van der Waals surface area contributed by atoms with Crippen molar-refractivity contribution in [3.05, 3.63) is 69.5 Å². The highest BCUT2D eigenvalue weighted by Gasteiger charge is 2.18. The summed E-state index contributed by atoms with van der Waals surface area (Å²) in [5.41, 5.74) is 3.93. The monoisotopic (exact) mass is 380 g/mol. The Labute approximate surface area is 163 Å². The molecule has 6 heteroatoms. The number of H-pyrrole nitrogens is 1. The zero-order valence-corrected chi connectivity index (χ0v) is 16.5. The Hall–Kier alpha value is -3.12. The zero-order valence-electron chi connectivity index (χ0n) is 16.5. The molecule has 0 aliphatic carbocycles. The van der Waals surface area contributed by atoms with E-state index in [0.29, 0.717) is 11.3 Å². The van der Waals surface area contributed by atoms with Crippen molar-refractivity contribution in [2.24, 2.45) is 0 Å². The molecular formula is C22H24N2O4. The second-order valence-electron chi connectivity index (χ2n) is 6.76. The van der Waals surface area contributed by atoms with E-state index in [1.807, 2.05) is 38.1 Å². The summed E-state index contributed by atoms with van der Waals surface area (Å²) >= 11 is 0. The van der Waals surface area contributed by atoms with Gasteiger partial charge in [-0.2, -0.15) is 0 Å². The van der Waals surface area contributed by atoms with Crippen LogP contribution >= 0.6 is 0 Å². The second kappa shape index (κ2) is 8.27. The number of hydrogen-bond donors (Lipinski definition) is 1. The summed E-state index contributed by atoms with van der Waals surface area (Å²) in [5, 5.41) is 0.841. The number of nitrogens with one attached hydrogen (secondary N) is 1. The minimum Gasteiger partial charge on any atom is -0.497 e. The number of aromatic amines is 1. The first-order valence-electron chi connectivity index (χ1n) is 8.99. The van der Waals surface area contributed by atoms with Gasteiger partial charge >= 0.3 is 0 Å². The van der Waals surface area contributed by atoms with E-state index in [1.54, 1.807) is 30.2 Å². The Morgan fingerprint density at radius 1 is 1.04 bits per heavy atom. The largest absolute Gasteiger partial charge is 0.497 e. The smallest absolute Gasteiger partial charge is 0.253 e. The molecule has 3 rings (SSSR count). The maximum atomic E-state index is 12.7. The normalized spacial score (nSPS) is 10.9. The first-order chi connectivity index (χ1) is 13.4. The minimum atomic E-state index is -0.225. The summed E-state index contributed by atoms with van der Waals surface area (Å²) in [7, 11) is 3.07. The molecule has 1 aromatic heterocycles. The molecule has 0 aliphatic rings. The van der Waals surface area contributed by atoms with Crippen molar-refractivity contribution in [2.45, 2.75) is 20.4 Å². The molecule has 0 saturated heterocycles. The molecule has 0 aliphatic heterocycles. The van der Waals surface area contributed by atoms with Gasteiger partial charge in [-0.15, -0.1) is 0 Å². The molecule has 0 radical (unpaired) electrons. The van der Waals surface area contributed by atoms with Gasteiger partial charge in [0.1, 0.15) is 12.4 Å². The van der Waals surface area contributed by atoms with Gasteiger partial charge in [0.15, 0.2) is 0 Å². The fourth-order valence-electron chi connectivity index (χ4n) is 3.06. The van der Waals surface area contributed by atoms with Crippen LogP contribution < -0.4 is 15.2 Å². The lowest BCUT2D eigenvalue weighted by Gasteiger charge is -2.23. The lowest BCUT2D eigenvalue weighted by molar-refractivity contribution is -0.122. The molecule has 1 amide bonds. The van der Waals surface area contributed by atoms with Crippen LogP contribution in [0.5, 0.6) is 5.75 Å². The Morgan fingerprint density at radius 2 is 1.82 bits per heavy atom. The number of ether oxygens (including phenoxy) is 2. The molecule has 3 aromatic rings. The van der Waals surface area contributed by atoms with Crippen molar-refractivity contribution in [2.75, 3.05) is 25.7 Å². The summed E-state index contributed by atoms with van der Waals surface area (Å²) in [5.74, 6) is 0.489. The maximum Gasteiger partial charge on any atom is 0.253 e. The number of amides is 1. The van der Waals surface area contributed by atoms with E-state index in [9.17, 15) is 9.59 Å².